The number of nitrogens with zero attached hydrogens (tertiary/aromatic N) is 1. The Morgan fingerprint density at radius 1 is 1.27 bits per heavy atom. The van der Waals surface area contributed by atoms with Crippen LogP contribution in [-0.4, -0.2) is 61.8 Å². The van der Waals surface area contributed by atoms with E-state index in [0.29, 0.717) is 0 Å². The predicted octanol–water partition coefficient (Wildman–Crippen LogP) is -1.28. The first-order valence-corrected chi connectivity index (χ1v) is 4.07. The Labute approximate surface area is 86.6 Å². The molecule has 0 aliphatic heterocycles. The average Bonchev–Trinajstić information content (AvgIpc) is 2.16. The van der Waals surface area contributed by atoms with Gasteiger partial charge in [0.1, 0.15) is 19.8 Å². The molecule has 0 atom stereocenters. The van der Waals surface area contributed by atoms with Crippen LogP contribution in [0.1, 0.15) is 0 Å². The van der Waals surface area contributed by atoms with Crippen molar-refractivity contribution in [2.75, 3.05) is 33.9 Å². The number of methoxy groups -OCH3 is 1. The van der Waals surface area contributed by atoms with E-state index in [4.69, 9.17) is 5.11 Å². The highest BCUT2D eigenvalue weighted by molar-refractivity contribution is 5.82. The minimum Gasteiger partial charge on any atom is -0.480 e. The third kappa shape index (κ3) is 6.44. The second kappa shape index (κ2) is 6.77. The summed E-state index contributed by atoms with van der Waals surface area (Å²) in [5.74, 6) is -2.19. The van der Waals surface area contributed by atoms with Gasteiger partial charge in [-0.3, -0.25) is 9.59 Å². The average molecular weight is 219 g/mol. The fraction of sp³-hybridized carbons (Fsp3) is 0.625. The molecule has 0 radical (unpaired) electrons. The fourth-order valence-electron chi connectivity index (χ4n) is 0.682. The molecule has 0 aliphatic rings. The van der Waals surface area contributed by atoms with E-state index in [-0.39, 0.29) is 13.2 Å². The molecular weight excluding hydrogens is 206 g/mol. The molecule has 0 bridgehead atoms. The summed E-state index contributed by atoms with van der Waals surface area (Å²) in [7, 11) is 2.60. The van der Waals surface area contributed by atoms with Gasteiger partial charge in [-0.25, -0.2) is 4.79 Å². The van der Waals surface area contributed by atoms with Gasteiger partial charge in [-0.2, -0.15) is 0 Å². The Morgan fingerprint density at radius 3 is 2.33 bits per heavy atom. The number of hydrogen-bond donors (Lipinski definition) is 1. The second-order valence-electron chi connectivity index (χ2n) is 2.71. The summed E-state index contributed by atoms with van der Waals surface area (Å²) in [5.41, 5.74) is 0. The van der Waals surface area contributed by atoms with E-state index >= 15 is 0 Å². The van der Waals surface area contributed by atoms with E-state index in [1.165, 1.54) is 14.2 Å². The number of carboxylic acid groups (broad SMARTS) is 1. The lowest BCUT2D eigenvalue weighted by Gasteiger charge is -2.14. The molecule has 0 aliphatic carbocycles. The van der Waals surface area contributed by atoms with Gasteiger partial charge >= 0.3 is 11.9 Å². The van der Waals surface area contributed by atoms with Crippen LogP contribution in [0, 0.1) is 0 Å². The summed E-state index contributed by atoms with van der Waals surface area (Å²) in [6, 6.07) is 0. The monoisotopic (exact) mass is 219 g/mol. The molecule has 0 aromatic rings. The van der Waals surface area contributed by atoms with Gasteiger partial charge in [-0.1, -0.05) is 0 Å². The van der Waals surface area contributed by atoms with Gasteiger partial charge in [0.25, 0.3) is 0 Å². The Balaban J connectivity index is 3.79. The summed E-state index contributed by atoms with van der Waals surface area (Å²) in [4.78, 5) is 33.1. The first kappa shape index (κ1) is 13.4. The van der Waals surface area contributed by atoms with Crippen molar-refractivity contribution in [3.63, 3.8) is 0 Å². The van der Waals surface area contributed by atoms with Gasteiger partial charge in [0, 0.05) is 7.05 Å². The van der Waals surface area contributed by atoms with Gasteiger partial charge < -0.3 is 19.5 Å². The minimum absolute atomic E-state index is 0.189. The summed E-state index contributed by atoms with van der Waals surface area (Å²) in [5, 5.41) is 8.22. The maximum Gasteiger partial charge on any atom is 0.329 e. The summed E-state index contributed by atoms with van der Waals surface area (Å²) in [6.07, 6.45) is 0. The lowest BCUT2D eigenvalue weighted by Crippen LogP contribution is -2.35. The number of aliphatic carboxylic acids is 1. The summed E-state index contributed by atoms with van der Waals surface area (Å²) < 4.78 is 8.90. The summed E-state index contributed by atoms with van der Waals surface area (Å²) in [6.45, 7) is -1.11. The van der Waals surface area contributed by atoms with Crippen LogP contribution in [0.15, 0.2) is 0 Å². The third-order valence-corrected chi connectivity index (χ3v) is 1.47. The maximum absolute atomic E-state index is 11.2. The van der Waals surface area contributed by atoms with Crippen LogP contribution in [0.3, 0.4) is 0 Å². The lowest BCUT2D eigenvalue weighted by atomic mass is 10.5. The fourth-order valence-corrected chi connectivity index (χ4v) is 0.682. The zero-order valence-corrected chi connectivity index (χ0v) is 8.56. The van der Waals surface area contributed by atoms with Gasteiger partial charge in [0.05, 0.1) is 7.11 Å². The third-order valence-electron chi connectivity index (χ3n) is 1.47. The highest BCUT2D eigenvalue weighted by Gasteiger charge is 2.13. The molecule has 0 fully saturated rings. The smallest absolute Gasteiger partial charge is 0.329 e. The van der Waals surface area contributed by atoms with E-state index in [1.54, 1.807) is 0 Å². The molecule has 0 saturated carbocycles. The quantitative estimate of drug-likeness (QED) is 0.559. The van der Waals surface area contributed by atoms with E-state index in [1.807, 2.05) is 0 Å². The SMILES string of the molecule is COC(=O)CN(C)C(=O)COCC(=O)O. The molecule has 1 N–H and O–H groups in total. The maximum atomic E-state index is 11.2. The molecule has 15 heavy (non-hydrogen) atoms. The highest BCUT2D eigenvalue weighted by atomic mass is 16.5. The molecule has 0 aromatic carbocycles. The van der Waals surface area contributed by atoms with Crippen molar-refractivity contribution in [1.29, 1.82) is 0 Å². The van der Waals surface area contributed by atoms with E-state index in [9.17, 15) is 14.4 Å². The van der Waals surface area contributed by atoms with Crippen LogP contribution in [0.2, 0.25) is 0 Å². The number of carbonyl (C=O) groups excluding carboxylic acids is 2. The topological polar surface area (TPSA) is 93.1 Å². The van der Waals surface area contributed by atoms with Crippen molar-refractivity contribution < 1.29 is 29.0 Å². The van der Waals surface area contributed by atoms with Crippen LogP contribution in [0.5, 0.6) is 0 Å². The minimum atomic E-state index is -1.15. The molecule has 0 heterocycles. The Morgan fingerprint density at radius 2 is 1.87 bits per heavy atom. The van der Waals surface area contributed by atoms with Crippen LogP contribution in [0.4, 0.5) is 0 Å². The lowest BCUT2D eigenvalue weighted by molar-refractivity contribution is -0.150. The number of amides is 1. The first-order valence-electron chi connectivity index (χ1n) is 4.07. The number of carboxylic acids is 1. The van der Waals surface area contributed by atoms with Crippen LogP contribution >= 0.6 is 0 Å². The molecule has 1 amide bonds. The van der Waals surface area contributed by atoms with Gasteiger partial charge in [-0.05, 0) is 0 Å². The van der Waals surface area contributed by atoms with E-state index in [2.05, 4.69) is 9.47 Å². The molecule has 86 valence electrons. The number of rotatable bonds is 6. The van der Waals surface area contributed by atoms with Crippen LogP contribution in [-0.2, 0) is 23.9 Å². The van der Waals surface area contributed by atoms with Crippen molar-refractivity contribution in [1.82, 2.24) is 4.90 Å². The van der Waals surface area contributed by atoms with Crippen molar-refractivity contribution >= 4 is 17.8 Å². The molecule has 0 rings (SSSR count). The van der Waals surface area contributed by atoms with Gasteiger partial charge in [0.2, 0.25) is 5.91 Å². The van der Waals surface area contributed by atoms with Crippen molar-refractivity contribution in [3.8, 4) is 0 Å². The van der Waals surface area contributed by atoms with E-state index < -0.39 is 24.5 Å². The number of esters is 1. The van der Waals surface area contributed by atoms with Gasteiger partial charge in [-0.15, -0.1) is 0 Å². The Hall–Kier alpha value is -1.63. The standard InChI is InChI=1S/C8H13NO6/c1-9(3-8(13)14-2)6(10)4-15-5-7(11)12/h3-5H2,1-2H3,(H,11,12). The summed E-state index contributed by atoms with van der Waals surface area (Å²) >= 11 is 0. The zero-order valence-electron chi connectivity index (χ0n) is 8.56. The van der Waals surface area contributed by atoms with Crippen LogP contribution in [0.25, 0.3) is 0 Å². The highest BCUT2D eigenvalue weighted by Crippen LogP contribution is 1.88. The van der Waals surface area contributed by atoms with E-state index in [0.717, 1.165) is 4.90 Å². The Kier molecular flexibility index (Phi) is 6.03. The largest absolute Gasteiger partial charge is 0.480 e. The van der Waals surface area contributed by atoms with Crippen LogP contribution < -0.4 is 0 Å². The number of carbonyl (C=O) groups is 3. The van der Waals surface area contributed by atoms with Gasteiger partial charge in [0.15, 0.2) is 0 Å². The molecule has 7 nitrogen and oxygen atoms in total. The molecule has 7 heteroatoms. The Bertz CT molecular complexity index is 252. The molecule has 0 saturated heterocycles. The molecule has 0 unspecified atom stereocenters. The van der Waals surface area contributed by atoms with Crippen molar-refractivity contribution in [3.05, 3.63) is 0 Å². The molecule has 0 spiro atoms. The normalized spacial score (nSPS) is 9.47. The number of hydrogen-bond acceptors (Lipinski definition) is 5. The van der Waals surface area contributed by atoms with Crippen molar-refractivity contribution in [2.45, 2.75) is 0 Å². The predicted molar refractivity (Wildman–Crippen MR) is 48.1 cm³/mol. The number of ether oxygens (including phenoxy) is 2. The number of likely N-dealkylation sites (N-methyl/N-ethyl adjacent to an activating group) is 1. The first-order chi connectivity index (χ1) is 6.97. The molecular formula is C8H13NO6. The zero-order chi connectivity index (χ0) is 11.8. The second-order valence-corrected chi connectivity index (χ2v) is 2.71. The molecule has 0 aromatic heterocycles. The van der Waals surface area contributed by atoms with Crippen molar-refractivity contribution in [2.24, 2.45) is 0 Å².